The van der Waals surface area contributed by atoms with E-state index in [1.165, 1.54) is 4.57 Å². The molecule has 0 aliphatic rings. The molecule has 0 fully saturated rings. The van der Waals surface area contributed by atoms with Crippen molar-refractivity contribution in [3.63, 3.8) is 0 Å². The van der Waals surface area contributed by atoms with Crippen LogP contribution >= 0.6 is 0 Å². The van der Waals surface area contributed by atoms with E-state index >= 15 is 0 Å². The van der Waals surface area contributed by atoms with E-state index in [1.54, 1.807) is 12.1 Å². The summed E-state index contributed by atoms with van der Waals surface area (Å²) in [5.41, 5.74) is 3.31. The summed E-state index contributed by atoms with van der Waals surface area (Å²) in [4.78, 5) is 15.1. The molecule has 0 N–H and O–H groups in total. The Labute approximate surface area is 379 Å². The van der Waals surface area contributed by atoms with Crippen LogP contribution in [0.15, 0.2) is 224 Å². The molecule has 0 saturated carbocycles. The van der Waals surface area contributed by atoms with Crippen LogP contribution in [0.25, 0.3) is 111 Å². The molecule has 0 atom stereocenters. The largest absolute Gasteiger partial charge is 0.309 e. The molecule has 0 spiro atoms. The zero-order valence-corrected chi connectivity index (χ0v) is 32.4. The predicted molar refractivity (Wildman–Crippen MR) is 256 cm³/mol. The van der Waals surface area contributed by atoms with Crippen LogP contribution in [0.1, 0.15) is 20.6 Å². The van der Waals surface area contributed by atoms with Gasteiger partial charge in [0.2, 0.25) is 0 Å². The molecule has 9 aromatic carbocycles. The minimum absolute atomic E-state index is 0.107. The third kappa shape index (κ3) is 5.98. The van der Waals surface area contributed by atoms with E-state index in [0.29, 0.717) is 16.7 Å². The van der Waals surface area contributed by atoms with Gasteiger partial charge in [0, 0.05) is 43.9 Å². The van der Waals surface area contributed by atoms with E-state index in [2.05, 4.69) is 0 Å². The van der Waals surface area contributed by atoms with Crippen LogP contribution in [0.2, 0.25) is 0 Å². The lowest BCUT2D eigenvalue weighted by atomic mass is 10.0. The Bertz CT molecular complexity index is 4410. The Morgan fingerprint density at radius 3 is 1.34 bits per heavy atom. The first-order valence-electron chi connectivity index (χ1n) is 27.2. The highest BCUT2D eigenvalue weighted by molar-refractivity contribution is 6.12. The second kappa shape index (κ2) is 14.7. The van der Waals surface area contributed by atoms with Crippen molar-refractivity contribution in [2.75, 3.05) is 0 Å². The SMILES string of the molecule is [2H]c1c([2H])c([2H])c2c(c1[2H])c1c([2H])c([2H])c(-n3c4c([2H])c([2H])c([2H])c([2H])c4c4c([2H])c([2H])c([2H])c([2H])c43)c([2H])c1n2-c1cc(-c2ccccc2)ccc1-c1nc(-c2ccccc2)nc(-c2ccc(-c3ccccc3)cc2)n1. The normalized spacial score (nSPS) is 14.9. The van der Waals surface area contributed by atoms with Crippen molar-refractivity contribution in [1.29, 1.82) is 0 Å². The summed E-state index contributed by atoms with van der Waals surface area (Å²) >= 11 is 0. The average Bonchev–Trinajstić information content (AvgIpc) is 4.16. The highest BCUT2D eigenvalue weighted by Crippen LogP contribution is 2.40. The molecule has 0 bridgehead atoms. The summed E-state index contributed by atoms with van der Waals surface area (Å²) in [6.07, 6.45) is 0. The predicted octanol–water partition coefficient (Wildman–Crippen LogP) is 14.4. The number of para-hydroxylation sites is 3. The molecule has 12 aromatic rings. The Morgan fingerprint density at radius 1 is 0.339 bits per heavy atom. The van der Waals surface area contributed by atoms with Crippen LogP contribution in [-0.2, 0) is 0 Å². The van der Waals surface area contributed by atoms with Gasteiger partial charge in [0.15, 0.2) is 17.5 Å². The highest BCUT2D eigenvalue weighted by Gasteiger charge is 2.22. The molecule has 0 amide bonds. The number of rotatable bonds is 7. The van der Waals surface area contributed by atoms with Crippen molar-refractivity contribution in [3.05, 3.63) is 224 Å². The van der Waals surface area contributed by atoms with Crippen LogP contribution in [0.3, 0.4) is 0 Å². The van der Waals surface area contributed by atoms with Crippen molar-refractivity contribution in [2.45, 2.75) is 0 Å². The van der Waals surface area contributed by atoms with Crippen LogP contribution in [0.4, 0.5) is 0 Å². The van der Waals surface area contributed by atoms with Crippen LogP contribution < -0.4 is 0 Å². The van der Waals surface area contributed by atoms with Gasteiger partial charge in [0.25, 0.3) is 0 Å². The van der Waals surface area contributed by atoms with Crippen molar-refractivity contribution in [1.82, 2.24) is 24.1 Å². The fourth-order valence-electron chi connectivity index (χ4n) is 8.00. The van der Waals surface area contributed by atoms with E-state index in [4.69, 9.17) is 25.9 Å². The van der Waals surface area contributed by atoms with Crippen molar-refractivity contribution >= 4 is 43.6 Å². The Morgan fingerprint density at radius 2 is 0.758 bits per heavy atom. The number of hydrogen-bond donors (Lipinski definition) is 0. The minimum Gasteiger partial charge on any atom is -0.309 e. The summed E-state index contributed by atoms with van der Waals surface area (Å²) in [6, 6.07) is 31.5. The number of hydrogen-bond acceptors (Lipinski definition) is 3. The fraction of sp³-hybridized carbons (Fsp3) is 0. The van der Waals surface area contributed by atoms with Gasteiger partial charge < -0.3 is 9.13 Å². The molecule has 0 aliphatic heterocycles. The molecular formula is C57H37N5. The first-order valence-corrected chi connectivity index (χ1v) is 19.7. The maximum atomic E-state index is 10.4. The van der Waals surface area contributed by atoms with Crippen LogP contribution in [-0.4, -0.2) is 24.1 Å². The molecule has 3 aromatic heterocycles. The zero-order chi connectivity index (χ0) is 54.0. The Balaban J connectivity index is 1.25. The number of nitrogens with zero attached hydrogens (tertiary/aromatic N) is 5. The molecule has 5 nitrogen and oxygen atoms in total. The average molecular weight is 807 g/mol. The third-order valence-corrected chi connectivity index (χ3v) is 10.9. The van der Waals surface area contributed by atoms with E-state index in [1.807, 2.05) is 121 Å². The lowest BCUT2D eigenvalue weighted by Crippen LogP contribution is -2.04. The molecule has 0 unspecified atom stereocenters. The van der Waals surface area contributed by atoms with Crippen molar-refractivity contribution < 1.29 is 20.6 Å². The van der Waals surface area contributed by atoms with E-state index in [9.17, 15) is 9.60 Å². The van der Waals surface area contributed by atoms with Crippen molar-refractivity contribution in [2.24, 2.45) is 0 Å². The molecule has 290 valence electrons. The third-order valence-electron chi connectivity index (χ3n) is 10.9. The maximum Gasteiger partial charge on any atom is 0.166 e. The molecular weight excluding hydrogens is 755 g/mol. The number of aromatic nitrogens is 5. The fourth-order valence-corrected chi connectivity index (χ4v) is 8.00. The minimum atomic E-state index is -0.737. The van der Waals surface area contributed by atoms with Gasteiger partial charge in [-0.15, -0.1) is 0 Å². The lowest BCUT2D eigenvalue weighted by molar-refractivity contribution is 1.06. The Kier molecular flexibility index (Phi) is 5.55. The first kappa shape index (κ1) is 23.4. The summed E-state index contributed by atoms with van der Waals surface area (Å²) in [5, 5.41) is -1.05. The molecule has 0 radical (unpaired) electrons. The van der Waals surface area contributed by atoms with E-state index < -0.39 is 96.3 Å². The monoisotopic (exact) mass is 806 g/mol. The summed E-state index contributed by atoms with van der Waals surface area (Å²) < 4.78 is 141. The summed E-state index contributed by atoms with van der Waals surface area (Å²) in [5.74, 6) is 0.680. The second-order valence-electron chi connectivity index (χ2n) is 14.5. The number of benzene rings is 9. The van der Waals surface area contributed by atoms with Crippen LogP contribution in [0.5, 0.6) is 0 Å². The van der Waals surface area contributed by atoms with Crippen LogP contribution in [0, 0.1) is 0 Å². The summed E-state index contributed by atoms with van der Waals surface area (Å²) in [6.45, 7) is 0. The van der Waals surface area contributed by atoms with Gasteiger partial charge in [-0.3, -0.25) is 0 Å². The first-order chi connectivity index (χ1) is 37.0. The van der Waals surface area contributed by atoms with Gasteiger partial charge in [-0.05, 0) is 64.6 Å². The lowest BCUT2D eigenvalue weighted by Gasteiger charge is -2.17. The van der Waals surface area contributed by atoms with Crippen molar-refractivity contribution in [3.8, 4) is 67.8 Å². The topological polar surface area (TPSA) is 48.5 Å². The smallest absolute Gasteiger partial charge is 0.166 e. The summed E-state index contributed by atoms with van der Waals surface area (Å²) in [7, 11) is 0. The number of fused-ring (bicyclic) bond motifs is 6. The second-order valence-corrected chi connectivity index (χ2v) is 14.5. The van der Waals surface area contributed by atoms with Gasteiger partial charge in [-0.2, -0.15) is 0 Å². The van der Waals surface area contributed by atoms with Gasteiger partial charge in [0.1, 0.15) is 0 Å². The molecule has 0 aliphatic carbocycles. The zero-order valence-electron chi connectivity index (χ0n) is 47.4. The van der Waals surface area contributed by atoms with E-state index in [-0.39, 0.29) is 72.3 Å². The van der Waals surface area contributed by atoms with Gasteiger partial charge in [0.05, 0.1) is 48.3 Å². The molecule has 62 heavy (non-hydrogen) atoms. The van der Waals surface area contributed by atoms with Gasteiger partial charge in [-0.25, -0.2) is 15.0 Å². The Hall–Kier alpha value is -8.41. The maximum absolute atomic E-state index is 10.4. The highest BCUT2D eigenvalue weighted by atomic mass is 15.1. The van der Waals surface area contributed by atoms with Gasteiger partial charge in [-0.1, -0.05) is 182 Å². The molecule has 12 rings (SSSR count). The molecule has 0 saturated heterocycles. The molecule has 3 heterocycles. The van der Waals surface area contributed by atoms with E-state index in [0.717, 1.165) is 21.3 Å². The van der Waals surface area contributed by atoms with Gasteiger partial charge >= 0.3 is 0 Å². The molecule has 5 heteroatoms. The quantitative estimate of drug-likeness (QED) is 0.161. The standard InChI is InChI=1S/C57H37N5/c1-4-16-38(17-5-1)40-28-30-42(31-29-40)56-58-55(41-20-8-3-9-21-41)59-57(60-56)49-34-32-43(39-18-6-2-7-19-39)36-53(49)62-52-27-15-12-24-47(52)48-35-33-44(37-54(48)62)61-50-25-13-10-22-45(50)46-23-11-14-26-51(46)61/h1-37H/i10D,11D,12D,13D,14D,15D,22D,23D,24D,25D,26D,27D,33D,35D,37D.